The monoisotopic (exact) mass is 638 g/mol. The van der Waals surface area contributed by atoms with Crippen molar-refractivity contribution >= 4 is 59.9 Å². The van der Waals surface area contributed by atoms with Gasteiger partial charge in [0, 0.05) is 22.3 Å². The summed E-state index contributed by atoms with van der Waals surface area (Å²) in [4.78, 5) is 47.2. The summed E-state index contributed by atoms with van der Waals surface area (Å²) in [6.45, 7) is 0. The van der Waals surface area contributed by atoms with Crippen molar-refractivity contribution in [3.8, 4) is 0 Å². The molecule has 0 amide bonds. The topological polar surface area (TPSA) is 68.3 Å². The summed E-state index contributed by atoms with van der Waals surface area (Å²) in [5.74, 6) is -0.558. The number of halogens is 2. The van der Waals surface area contributed by atoms with E-state index in [1.165, 1.54) is 0 Å². The van der Waals surface area contributed by atoms with Crippen molar-refractivity contribution in [3.63, 3.8) is 0 Å². The Morgan fingerprint density at radius 2 is 0.568 bits per heavy atom. The predicted molar refractivity (Wildman–Crippen MR) is 150 cm³/mol. The van der Waals surface area contributed by atoms with Crippen LogP contribution in [0, 0.1) is 0 Å². The van der Waals surface area contributed by atoms with Crippen molar-refractivity contribution in [2.75, 3.05) is 0 Å². The Hall–Kier alpha value is -3.06. The summed E-state index contributed by atoms with van der Waals surface area (Å²) in [6.07, 6.45) is -0.151. The van der Waals surface area contributed by atoms with Gasteiger partial charge in [-0.05, 0) is 0 Å². The van der Waals surface area contributed by atoms with Gasteiger partial charge in [0.05, 0.1) is 12.8 Å². The molecule has 4 rings (SSSR count). The minimum atomic E-state index is -0.826. The van der Waals surface area contributed by atoms with Gasteiger partial charge in [0.2, 0.25) is 0 Å². The molecule has 0 saturated carbocycles. The van der Waals surface area contributed by atoms with E-state index in [1.54, 1.807) is 97.1 Å². The van der Waals surface area contributed by atoms with Crippen LogP contribution in [0.1, 0.15) is 54.3 Å². The van der Waals surface area contributed by atoms with Gasteiger partial charge in [0.1, 0.15) is 0 Å². The molecule has 37 heavy (non-hydrogen) atoms. The van der Waals surface area contributed by atoms with Crippen molar-refractivity contribution in [2.24, 2.45) is 0 Å². The van der Waals surface area contributed by atoms with Crippen LogP contribution in [-0.4, -0.2) is 42.0 Å². The van der Waals surface area contributed by atoms with Gasteiger partial charge in [-0.25, -0.2) is 0 Å². The van der Waals surface area contributed by atoms with E-state index >= 15 is 0 Å². The third kappa shape index (κ3) is 11.3. The molecule has 4 nitrogen and oxygen atoms in total. The Balaban J connectivity index is 0.000000235. The minimum absolute atomic E-state index is 0.0754. The molecule has 0 saturated heterocycles. The van der Waals surface area contributed by atoms with Crippen LogP contribution in [0.3, 0.4) is 0 Å². The van der Waals surface area contributed by atoms with Crippen LogP contribution >= 0.6 is 17.8 Å². The molecule has 0 N–H and O–H groups in total. The number of hydrogen-bond acceptors (Lipinski definition) is 4. The second-order valence-corrected chi connectivity index (χ2v) is 11.8. The molecule has 4 aromatic rings. The first-order valence-corrected chi connectivity index (χ1v) is 18.5. The van der Waals surface area contributed by atoms with Gasteiger partial charge in [-0.1, -0.05) is 121 Å². The fourth-order valence-electron chi connectivity index (χ4n) is 3.20. The first-order chi connectivity index (χ1) is 18.0. The van der Waals surface area contributed by atoms with Crippen LogP contribution in [0.5, 0.6) is 0 Å². The zero-order valence-electron chi connectivity index (χ0n) is 19.9. The SMILES string of the molecule is O=C(CC(=O)c1ccccc1)c1ccccc1.O=C(CC(=O)c1ccccc1)c1ccccc1.[Cl][Sn][Cl]. The van der Waals surface area contributed by atoms with E-state index in [2.05, 4.69) is 0 Å². The molecule has 0 heterocycles. The molecular weight excluding hydrogens is 614 g/mol. The van der Waals surface area contributed by atoms with Gasteiger partial charge in [-0.15, -0.1) is 0 Å². The van der Waals surface area contributed by atoms with Gasteiger partial charge < -0.3 is 0 Å². The van der Waals surface area contributed by atoms with Gasteiger partial charge >= 0.3 is 36.7 Å². The fourth-order valence-corrected chi connectivity index (χ4v) is 3.20. The molecular formula is C30H24Cl2O4Sn. The second kappa shape index (κ2) is 17.4. The molecule has 186 valence electrons. The van der Waals surface area contributed by atoms with Crippen molar-refractivity contribution in [2.45, 2.75) is 12.8 Å². The molecule has 0 bridgehead atoms. The molecule has 4 aromatic carbocycles. The maximum absolute atomic E-state index is 11.8. The standard InChI is InChI=1S/2C15H12O2.2ClH.Sn/c2*16-14(12-7-3-1-4-8-12)11-15(17)13-9-5-2-6-10-13;;;/h2*1-10H,11H2;2*1H;/q;;;;+2/p-2. The first kappa shape index (κ1) is 30.2. The van der Waals surface area contributed by atoms with Gasteiger partial charge in [0.15, 0.2) is 23.1 Å². The quantitative estimate of drug-likeness (QED) is 0.116. The van der Waals surface area contributed by atoms with Crippen LogP contribution in [0.15, 0.2) is 121 Å². The predicted octanol–water partition coefficient (Wildman–Crippen LogP) is 7.28. The summed E-state index contributed by atoms with van der Waals surface area (Å²) in [5, 5.41) is 0. The Labute approximate surface area is 234 Å². The van der Waals surface area contributed by atoms with Crippen LogP contribution in [-0.2, 0) is 0 Å². The molecule has 0 unspecified atom stereocenters. The van der Waals surface area contributed by atoms with Crippen molar-refractivity contribution in [3.05, 3.63) is 144 Å². The van der Waals surface area contributed by atoms with E-state index in [0.717, 1.165) is 0 Å². The van der Waals surface area contributed by atoms with Gasteiger partial charge in [0.25, 0.3) is 0 Å². The van der Waals surface area contributed by atoms with E-state index in [0.29, 0.717) is 22.3 Å². The molecule has 0 fully saturated rings. The zero-order valence-corrected chi connectivity index (χ0v) is 24.2. The van der Waals surface area contributed by atoms with Crippen LogP contribution in [0.2, 0.25) is 0 Å². The summed E-state index contributed by atoms with van der Waals surface area (Å²) < 4.78 is 0. The summed E-state index contributed by atoms with van der Waals surface area (Å²) >= 11 is -0.826. The fraction of sp³-hybridized carbons (Fsp3) is 0.0667. The Bertz CT molecular complexity index is 1070. The number of hydrogen-bond donors (Lipinski definition) is 0. The van der Waals surface area contributed by atoms with Crippen molar-refractivity contribution in [1.29, 1.82) is 0 Å². The Kier molecular flexibility index (Phi) is 14.2. The van der Waals surface area contributed by atoms with Crippen LogP contribution < -0.4 is 0 Å². The van der Waals surface area contributed by atoms with Gasteiger partial charge in [-0.2, -0.15) is 0 Å². The van der Waals surface area contributed by atoms with Crippen molar-refractivity contribution in [1.82, 2.24) is 0 Å². The number of carbonyl (C=O) groups excluding carboxylic acids is 4. The molecule has 0 spiro atoms. The molecule has 7 heteroatoms. The Morgan fingerprint density at radius 3 is 0.730 bits per heavy atom. The average Bonchev–Trinajstić information content (AvgIpc) is 2.95. The molecule has 0 aliphatic heterocycles. The zero-order chi connectivity index (χ0) is 26.9. The number of Topliss-reactive ketones (excluding diaryl/α,β-unsaturated/α-hetero) is 4. The van der Waals surface area contributed by atoms with E-state index in [9.17, 15) is 19.2 Å². The van der Waals surface area contributed by atoms with Crippen molar-refractivity contribution < 1.29 is 19.2 Å². The maximum atomic E-state index is 11.8. The number of benzene rings is 4. The van der Waals surface area contributed by atoms with Gasteiger partial charge in [-0.3, -0.25) is 19.2 Å². The second-order valence-electron chi connectivity index (χ2n) is 7.58. The van der Waals surface area contributed by atoms with E-state index in [-0.39, 0.29) is 36.0 Å². The van der Waals surface area contributed by atoms with E-state index in [4.69, 9.17) is 17.8 Å². The molecule has 0 aromatic heterocycles. The normalized spacial score (nSPS) is 9.57. The molecule has 0 aliphatic rings. The van der Waals surface area contributed by atoms with Crippen LogP contribution in [0.4, 0.5) is 0 Å². The molecule has 2 radical (unpaired) electrons. The summed E-state index contributed by atoms with van der Waals surface area (Å²) in [7, 11) is 9.87. The van der Waals surface area contributed by atoms with Crippen LogP contribution in [0.25, 0.3) is 0 Å². The molecule has 0 aliphatic carbocycles. The number of ketones is 4. The molecule has 0 atom stereocenters. The Morgan fingerprint density at radius 1 is 0.405 bits per heavy atom. The summed E-state index contributed by atoms with van der Waals surface area (Å²) in [6, 6.07) is 35.5. The first-order valence-electron chi connectivity index (χ1n) is 11.3. The summed E-state index contributed by atoms with van der Waals surface area (Å²) in [5.41, 5.74) is 2.32. The number of rotatable bonds is 8. The van der Waals surface area contributed by atoms with E-state index < -0.39 is 18.9 Å². The third-order valence-corrected chi connectivity index (χ3v) is 5.03. The van der Waals surface area contributed by atoms with E-state index in [1.807, 2.05) is 24.3 Å². The third-order valence-electron chi connectivity index (χ3n) is 5.03. The average molecular weight is 638 g/mol. The number of carbonyl (C=O) groups is 4.